The van der Waals surface area contributed by atoms with E-state index in [4.69, 9.17) is 0 Å². The Bertz CT molecular complexity index is 2880. The van der Waals surface area contributed by atoms with Gasteiger partial charge >= 0.3 is 99.2 Å². The van der Waals surface area contributed by atoms with Gasteiger partial charge in [0.25, 0.3) is 0 Å². The van der Waals surface area contributed by atoms with Crippen LogP contribution in [0.4, 0.5) is 0 Å². The second-order valence-electron chi connectivity index (χ2n) is 15.6. The van der Waals surface area contributed by atoms with Crippen LogP contribution < -0.4 is 10.4 Å². The van der Waals surface area contributed by atoms with E-state index in [-0.39, 0.29) is 5.41 Å². The quantitative estimate of drug-likeness (QED) is 0.127. The van der Waals surface area contributed by atoms with Gasteiger partial charge in [-0.1, -0.05) is 187 Å². The Morgan fingerprint density at radius 3 is 1.60 bits per heavy atom. The molecule has 7 aromatic rings. The molecule has 1 atom stereocenters. The average Bonchev–Trinajstić information content (AvgIpc) is 4.01. The van der Waals surface area contributed by atoms with Crippen LogP contribution in [0.25, 0.3) is 33.9 Å². The van der Waals surface area contributed by atoms with Crippen LogP contribution in [-0.4, -0.2) is 3.21 Å². The van der Waals surface area contributed by atoms with Crippen molar-refractivity contribution in [2.75, 3.05) is 0 Å². The van der Waals surface area contributed by atoms with E-state index in [2.05, 4.69) is 232 Å². The summed E-state index contributed by atoms with van der Waals surface area (Å²) in [5, 5.41) is 2.50. The molecule has 0 bridgehead atoms. The number of aryl methyl sites for hydroxylation is 1. The van der Waals surface area contributed by atoms with Gasteiger partial charge < -0.3 is 0 Å². The van der Waals surface area contributed by atoms with Gasteiger partial charge in [-0.15, -0.1) is 28.2 Å². The summed E-state index contributed by atoms with van der Waals surface area (Å²) in [4.78, 5) is 0. The van der Waals surface area contributed by atoms with Crippen LogP contribution in [0.1, 0.15) is 60.1 Å². The third-order valence-electron chi connectivity index (χ3n) is 12.2. The maximum atomic E-state index is 4.12. The standard InChI is InChI=1S/C46H37.C13H10.Zr/c1-3-32-29-37-31-40-43(41(37)39(30-32)33-19-9-5-10-20-33)42(34-21-11-6-12-22-34)45(36-23-13-7-14-24-36)46(4-2,38-27-15-8-16-28-38)44(40)35-25-17-18-26-35;1-3-7-12(8-4-1)11-13-9-5-2-6-10-13;/h5-25,27-30H,3-4,26H2,1-2H3;1-10H;/q-1;;. The van der Waals surface area contributed by atoms with Gasteiger partial charge in [-0.3, -0.25) is 0 Å². The van der Waals surface area contributed by atoms with Crippen molar-refractivity contribution in [2.24, 2.45) is 0 Å². The Kier molecular flexibility index (Phi) is 11.6. The Balaban J connectivity index is 0.000000280. The molecule has 0 radical (unpaired) electrons. The van der Waals surface area contributed by atoms with Crippen molar-refractivity contribution in [3.63, 3.8) is 0 Å². The molecule has 0 saturated carbocycles. The molecule has 1 heteroatoms. The topological polar surface area (TPSA) is 0 Å². The van der Waals surface area contributed by atoms with Crippen LogP contribution in [0.2, 0.25) is 0 Å². The van der Waals surface area contributed by atoms with E-state index < -0.39 is 0 Å². The number of rotatable bonds is 9. The Labute approximate surface area is 370 Å². The summed E-state index contributed by atoms with van der Waals surface area (Å²) < 4.78 is 1.42. The molecule has 0 aromatic heterocycles. The molecule has 10 rings (SSSR count). The van der Waals surface area contributed by atoms with E-state index in [1.807, 2.05) is 0 Å². The molecule has 7 aromatic carbocycles. The van der Waals surface area contributed by atoms with Crippen LogP contribution >= 0.6 is 0 Å². The predicted octanol–water partition coefficient (Wildman–Crippen LogP) is 12.7. The zero-order chi connectivity index (χ0) is 40.9. The second-order valence-corrected chi connectivity index (χ2v) is 16.8. The fraction of sp³-hybridized carbons (Fsp3) is 0.102. The summed E-state index contributed by atoms with van der Waals surface area (Å²) >= 11 is 1.46. The first-order valence-corrected chi connectivity index (χ1v) is 22.4. The van der Waals surface area contributed by atoms with Crippen LogP contribution in [-0.2, 0) is 36.1 Å². The molecule has 3 aliphatic carbocycles. The van der Waals surface area contributed by atoms with Gasteiger partial charge in [0.15, 0.2) is 0 Å². The van der Waals surface area contributed by atoms with Crippen LogP contribution in [0.5, 0.6) is 0 Å². The normalized spacial score (nSPS) is 16.4. The summed E-state index contributed by atoms with van der Waals surface area (Å²) in [6.07, 6.45) is 13.8. The summed E-state index contributed by atoms with van der Waals surface area (Å²) in [7, 11) is 0. The zero-order valence-electron chi connectivity index (χ0n) is 34.3. The molecule has 288 valence electrons. The molecule has 0 amide bonds. The van der Waals surface area contributed by atoms with E-state index in [0.29, 0.717) is 0 Å². The number of hydrogen-bond donors (Lipinski definition) is 0. The number of allylic oxidation sites excluding steroid dienone is 8. The molecule has 0 heterocycles. The van der Waals surface area contributed by atoms with Gasteiger partial charge in [0.2, 0.25) is 0 Å². The maximum absolute atomic E-state index is 4.12. The molecule has 0 N–H and O–H groups in total. The van der Waals surface area contributed by atoms with Gasteiger partial charge in [0.1, 0.15) is 0 Å². The van der Waals surface area contributed by atoms with Crippen LogP contribution in [0.3, 0.4) is 0 Å². The molecule has 3 aliphatic rings. The Morgan fingerprint density at radius 1 is 0.567 bits per heavy atom. The number of fused-ring (bicyclic) bond motifs is 2. The second kappa shape index (κ2) is 17.7. The van der Waals surface area contributed by atoms with E-state index in [0.717, 1.165) is 19.3 Å². The van der Waals surface area contributed by atoms with Crippen LogP contribution in [0, 0.1) is 0 Å². The number of hydrogen-bond acceptors (Lipinski definition) is 0. The average molecular weight is 847 g/mol. The Hall–Kier alpha value is -6.01. The Morgan fingerprint density at radius 2 is 1.08 bits per heavy atom. The molecule has 0 nitrogen and oxygen atoms in total. The molecule has 0 fully saturated rings. The van der Waals surface area contributed by atoms with Gasteiger partial charge in [0.05, 0.1) is 0 Å². The molecule has 0 saturated heterocycles. The molecule has 0 spiro atoms. The van der Waals surface area contributed by atoms with Crippen LogP contribution in [0.15, 0.2) is 229 Å². The third kappa shape index (κ3) is 7.31. The minimum atomic E-state index is -0.389. The van der Waals surface area contributed by atoms with Crippen molar-refractivity contribution in [2.45, 2.75) is 38.5 Å². The minimum absolute atomic E-state index is 0.389. The van der Waals surface area contributed by atoms with Gasteiger partial charge in [-0.2, -0.15) is 0 Å². The zero-order valence-corrected chi connectivity index (χ0v) is 36.8. The summed E-state index contributed by atoms with van der Waals surface area (Å²) in [6, 6.07) is 70.4. The summed E-state index contributed by atoms with van der Waals surface area (Å²) in [5.41, 5.74) is 18.0. The fourth-order valence-electron chi connectivity index (χ4n) is 9.46. The van der Waals surface area contributed by atoms with Crippen molar-refractivity contribution < 1.29 is 24.2 Å². The van der Waals surface area contributed by atoms with E-state index in [1.54, 1.807) is 0 Å². The van der Waals surface area contributed by atoms with Gasteiger partial charge in [-0.25, -0.2) is 0 Å². The first-order chi connectivity index (χ1) is 29.6. The van der Waals surface area contributed by atoms with Crippen molar-refractivity contribution in [3.05, 3.63) is 273 Å². The summed E-state index contributed by atoms with van der Waals surface area (Å²) in [6.45, 7) is 4.63. The third-order valence-corrected chi connectivity index (χ3v) is 13.6. The van der Waals surface area contributed by atoms with Gasteiger partial charge in [0, 0.05) is 5.41 Å². The number of benzene rings is 7. The molecule has 0 aliphatic heterocycles. The first-order valence-electron chi connectivity index (χ1n) is 21.2. The van der Waals surface area contributed by atoms with E-state index >= 15 is 0 Å². The molecule has 1 unspecified atom stereocenters. The van der Waals surface area contributed by atoms with E-state index in [1.165, 1.54) is 116 Å². The van der Waals surface area contributed by atoms with Crippen molar-refractivity contribution in [3.8, 4) is 11.1 Å². The predicted molar refractivity (Wildman–Crippen MR) is 250 cm³/mol. The molecule has 60 heavy (non-hydrogen) atoms. The van der Waals surface area contributed by atoms with Crippen molar-refractivity contribution in [1.82, 2.24) is 0 Å². The molecular weight excluding hydrogens is 800 g/mol. The van der Waals surface area contributed by atoms with E-state index in [9.17, 15) is 0 Å². The summed E-state index contributed by atoms with van der Waals surface area (Å²) in [5.74, 6) is 0. The SMILES string of the molecule is CCc1cc(-c2ccccc2)c2c(c1)=[C-]C1=C(C3=CC=CC3)C(CC)(c3ccccc3)C(c3ccccc3)=C(c3ccccc3)C=21.[Zr]=[C](c1ccccc1)c1ccccc1. The molecular formula is C59H47Zr-. The first kappa shape index (κ1) is 39.5. The fourth-order valence-corrected chi connectivity index (χ4v) is 10.3. The van der Waals surface area contributed by atoms with Gasteiger partial charge in [-0.05, 0) is 52.7 Å². The monoisotopic (exact) mass is 845 g/mol. The van der Waals surface area contributed by atoms with Crippen molar-refractivity contribution in [1.29, 1.82) is 0 Å². The van der Waals surface area contributed by atoms with Crippen molar-refractivity contribution >= 4 is 26.0 Å².